The highest BCUT2D eigenvalue weighted by atomic mass is 16.2. The lowest BCUT2D eigenvalue weighted by Crippen LogP contribution is -2.37. The van der Waals surface area contributed by atoms with Gasteiger partial charge in [0.15, 0.2) is 0 Å². The SMILES string of the molecule is CCc1ccc(N(CC)C(=O)Cn2c(C)nc3ccccc3c2=O)cc1. The van der Waals surface area contributed by atoms with Crippen molar-refractivity contribution in [2.45, 2.75) is 33.7 Å². The fourth-order valence-electron chi connectivity index (χ4n) is 3.10. The second kappa shape index (κ2) is 7.52. The summed E-state index contributed by atoms with van der Waals surface area (Å²) in [6.45, 7) is 6.30. The average Bonchev–Trinajstić information content (AvgIpc) is 2.66. The zero-order valence-electron chi connectivity index (χ0n) is 15.4. The van der Waals surface area contributed by atoms with Gasteiger partial charge in [-0.1, -0.05) is 31.2 Å². The Morgan fingerprint density at radius 2 is 1.77 bits per heavy atom. The molecule has 0 aliphatic rings. The van der Waals surface area contributed by atoms with Gasteiger partial charge in [-0.3, -0.25) is 14.2 Å². The molecule has 3 rings (SSSR count). The van der Waals surface area contributed by atoms with Crippen LogP contribution in [0.3, 0.4) is 0 Å². The summed E-state index contributed by atoms with van der Waals surface area (Å²) in [5.74, 6) is 0.415. The number of hydrogen-bond acceptors (Lipinski definition) is 3. The first kappa shape index (κ1) is 17.9. The molecule has 3 aromatic rings. The Morgan fingerprint density at radius 3 is 2.42 bits per heavy atom. The predicted octanol–water partition coefficient (Wildman–Crippen LogP) is 3.32. The van der Waals surface area contributed by atoms with E-state index in [0.29, 0.717) is 23.3 Å². The first-order valence-corrected chi connectivity index (χ1v) is 8.90. The molecule has 0 radical (unpaired) electrons. The van der Waals surface area contributed by atoms with Gasteiger partial charge in [0, 0.05) is 12.2 Å². The van der Waals surface area contributed by atoms with Gasteiger partial charge in [0.25, 0.3) is 5.56 Å². The first-order valence-electron chi connectivity index (χ1n) is 8.90. The molecule has 0 aliphatic heterocycles. The van der Waals surface area contributed by atoms with E-state index in [1.54, 1.807) is 24.0 Å². The molecule has 0 saturated heterocycles. The van der Waals surface area contributed by atoms with Gasteiger partial charge in [-0.15, -0.1) is 0 Å². The van der Waals surface area contributed by atoms with Crippen LogP contribution >= 0.6 is 0 Å². The Kier molecular flexibility index (Phi) is 5.16. The number of hydrogen-bond donors (Lipinski definition) is 0. The summed E-state index contributed by atoms with van der Waals surface area (Å²) in [6, 6.07) is 15.2. The molecule has 0 aliphatic carbocycles. The van der Waals surface area contributed by atoms with Crippen LogP contribution in [-0.2, 0) is 17.8 Å². The maximum absolute atomic E-state index is 12.9. The lowest BCUT2D eigenvalue weighted by atomic mass is 10.1. The number of nitrogens with zero attached hydrogens (tertiary/aromatic N) is 3. The highest BCUT2D eigenvalue weighted by molar-refractivity contribution is 5.93. The molecule has 0 saturated carbocycles. The number of aryl methyl sites for hydroxylation is 2. The molecule has 5 nitrogen and oxygen atoms in total. The molecule has 1 aromatic heterocycles. The number of benzene rings is 2. The normalized spacial score (nSPS) is 10.9. The monoisotopic (exact) mass is 349 g/mol. The molecule has 26 heavy (non-hydrogen) atoms. The number of anilines is 1. The molecule has 1 amide bonds. The van der Waals surface area contributed by atoms with E-state index < -0.39 is 0 Å². The van der Waals surface area contributed by atoms with Crippen molar-refractivity contribution in [3.63, 3.8) is 0 Å². The van der Waals surface area contributed by atoms with E-state index in [1.807, 2.05) is 43.3 Å². The Balaban J connectivity index is 1.93. The smallest absolute Gasteiger partial charge is 0.261 e. The van der Waals surface area contributed by atoms with Crippen LogP contribution in [0, 0.1) is 6.92 Å². The molecular formula is C21H23N3O2. The molecule has 0 unspecified atom stereocenters. The van der Waals surface area contributed by atoms with Crippen LogP contribution in [0.1, 0.15) is 25.2 Å². The third-order valence-electron chi connectivity index (χ3n) is 4.62. The Bertz CT molecular complexity index is 990. The molecule has 0 atom stereocenters. The van der Waals surface area contributed by atoms with Gasteiger partial charge in [0.1, 0.15) is 12.4 Å². The van der Waals surface area contributed by atoms with Crippen molar-refractivity contribution in [1.82, 2.24) is 9.55 Å². The van der Waals surface area contributed by atoms with E-state index in [-0.39, 0.29) is 18.0 Å². The number of amides is 1. The van der Waals surface area contributed by atoms with Crippen molar-refractivity contribution < 1.29 is 4.79 Å². The van der Waals surface area contributed by atoms with E-state index in [2.05, 4.69) is 11.9 Å². The van der Waals surface area contributed by atoms with Crippen LogP contribution in [-0.4, -0.2) is 22.0 Å². The van der Waals surface area contributed by atoms with E-state index >= 15 is 0 Å². The van der Waals surface area contributed by atoms with Crippen molar-refractivity contribution >= 4 is 22.5 Å². The van der Waals surface area contributed by atoms with Gasteiger partial charge < -0.3 is 4.90 Å². The van der Waals surface area contributed by atoms with Gasteiger partial charge in [0.2, 0.25) is 5.91 Å². The summed E-state index contributed by atoms with van der Waals surface area (Å²) in [7, 11) is 0. The van der Waals surface area contributed by atoms with Crippen LogP contribution < -0.4 is 10.5 Å². The second-order valence-corrected chi connectivity index (χ2v) is 6.23. The van der Waals surface area contributed by atoms with Gasteiger partial charge >= 0.3 is 0 Å². The predicted molar refractivity (Wildman–Crippen MR) is 105 cm³/mol. The first-order chi connectivity index (χ1) is 12.5. The van der Waals surface area contributed by atoms with E-state index in [1.165, 1.54) is 10.1 Å². The summed E-state index contributed by atoms with van der Waals surface area (Å²) in [6.07, 6.45) is 0.956. The van der Waals surface area contributed by atoms with E-state index in [0.717, 1.165) is 12.1 Å². The molecule has 1 heterocycles. The van der Waals surface area contributed by atoms with Crippen LogP contribution in [0.2, 0.25) is 0 Å². The number of rotatable bonds is 5. The molecule has 2 aromatic carbocycles. The molecule has 0 N–H and O–H groups in total. The highest BCUT2D eigenvalue weighted by Crippen LogP contribution is 2.16. The standard InChI is InChI=1S/C21H23N3O2/c1-4-16-10-12-17(13-11-16)23(5-2)20(25)14-24-15(3)22-19-9-7-6-8-18(19)21(24)26/h6-13H,4-5,14H2,1-3H3. The van der Waals surface area contributed by atoms with Crippen LogP contribution in [0.4, 0.5) is 5.69 Å². The summed E-state index contributed by atoms with van der Waals surface area (Å²) in [5, 5.41) is 0.529. The molecule has 5 heteroatoms. The average molecular weight is 349 g/mol. The van der Waals surface area contributed by atoms with E-state index in [4.69, 9.17) is 0 Å². The highest BCUT2D eigenvalue weighted by Gasteiger charge is 2.17. The minimum absolute atomic E-state index is 0.0220. The number of fused-ring (bicyclic) bond motifs is 1. The summed E-state index contributed by atoms with van der Waals surface area (Å²) in [4.78, 5) is 31.8. The van der Waals surface area contributed by atoms with Crippen molar-refractivity contribution in [2.24, 2.45) is 0 Å². The second-order valence-electron chi connectivity index (χ2n) is 6.23. The fourth-order valence-corrected chi connectivity index (χ4v) is 3.10. The number of carbonyl (C=O) groups is 1. The van der Waals surface area contributed by atoms with Crippen molar-refractivity contribution in [2.75, 3.05) is 11.4 Å². The zero-order valence-corrected chi connectivity index (χ0v) is 15.4. The van der Waals surface area contributed by atoms with Crippen LogP contribution in [0.25, 0.3) is 10.9 Å². The molecular weight excluding hydrogens is 326 g/mol. The number of para-hydroxylation sites is 1. The minimum Gasteiger partial charge on any atom is -0.311 e. The molecule has 0 fully saturated rings. The van der Waals surface area contributed by atoms with Gasteiger partial charge in [0.05, 0.1) is 10.9 Å². The summed E-state index contributed by atoms with van der Waals surface area (Å²) >= 11 is 0. The number of carbonyl (C=O) groups excluding carboxylic acids is 1. The van der Waals surface area contributed by atoms with Crippen molar-refractivity contribution in [3.8, 4) is 0 Å². The molecule has 134 valence electrons. The minimum atomic E-state index is -0.182. The zero-order chi connectivity index (χ0) is 18.7. The van der Waals surface area contributed by atoms with Crippen molar-refractivity contribution in [1.29, 1.82) is 0 Å². The topological polar surface area (TPSA) is 55.2 Å². The van der Waals surface area contributed by atoms with Gasteiger partial charge in [-0.05, 0) is 50.1 Å². The summed E-state index contributed by atoms with van der Waals surface area (Å²) in [5.41, 5.74) is 2.54. The Hall–Kier alpha value is -2.95. The van der Waals surface area contributed by atoms with Crippen LogP contribution in [0.15, 0.2) is 53.3 Å². The molecule has 0 bridgehead atoms. The summed E-state index contributed by atoms with van der Waals surface area (Å²) < 4.78 is 1.45. The van der Waals surface area contributed by atoms with Crippen molar-refractivity contribution in [3.05, 3.63) is 70.3 Å². The molecule has 0 spiro atoms. The lowest BCUT2D eigenvalue weighted by Gasteiger charge is -2.22. The van der Waals surface area contributed by atoms with Crippen LogP contribution in [0.5, 0.6) is 0 Å². The Labute approximate surface area is 152 Å². The Morgan fingerprint density at radius 1 is 1.08 bits per heavy atom. The third kappa shape index (κ3) is 3.38. The quantitative estimate of drug-likeness (QED) is 0.710. The van der Waals surface area contributed by atoms with E-state index in [9.17, 15) is 9.59 Å². The maximum atomic E-state index is 12.9. The number of likely N-dealkylation sites (N-methyl/N-ethyl adjacent to an activating group) is 1. The fraction of sp³-hybridized carbons (Fsp3) is 0.286. The third-order valence-corrected chi connectivity index (χ3v) is 4.62. The van der Waals surface area contributed by atoms with Gasteiger partial charge in [-0.25, -0.2) is 4.98 Å². The largest absolute Gasteiger partial charge is 0.311 e. The number of aromatic nitrogens is 2. The van der Waals surface area contributed by atoms with Gasteiger partial charge in [-0.2, -0.15) is 0 Å². The lowest BCUT2D eigenvalue weighted by molar-refractivity contribution is -0.119. The maximum Gasteiger partial charge on any atom is 0.261 e.